The molecule has 0 spiro atoms. The molecule has 128 valence electrons. The fraction of sp³-hybridized carbons (Fsp3) is 0.429. The lowest BCUT2D eigenvalue weighted by molar-refractivity contribution is -0.119. The van der Waals surface area contributed by atoms with Crippen molar-refractivity contribution in [2.75, 3.05) is 5.75 Å². The van der Waals surface area contributed by atoms with Crippen molar-refractivity contribution in [1.29, 1.82) is 0 Å². The van der Waals surface area contributed by atoms with Crippen molar-refractivity contribution >= 4 is 52.2 Å². The van der Waals surface area contributed by atoms with Gasteiger partial charge in [-0.25, -0.2) is 0 Å². The predicted molar refractivity (Wildman–Crippen MR) is 97.0 cm³/mol. The molecule has 0 radical (unpaired) electrons. The van der Waals surface area contributed by atoms with E-state index < -0.39 is 5.56 Å². The van der Waals surface area contributed by atoms with Crippen LogP contribution in [0, 0.1) is 5.92 Å². The molecule has 0 bridgehead atoms. The minimum atomic E-state index is -0.421. The van der Waals surface area contributed by atoms with Gasteiger partial charge in [0.2, 0.25) is 5.91 Å². The third-order valence-electron chi connectivity index (χ3n) is 3.65. The SMILES string of the molecule is C[C@@H](NC(=O)CSc1nnc(-c2cc(Cl)sc2Cl)c(=O)[nH]1)C1CC1. The summed E-state index contributed by atoms with van der Waals surface area (Å²) >= 11 is 14.2. The third kappa shape index (κ3) is 4.30. The average Bonchev–Trinajstić information content (AvgIpc) is 3.31. The molecule has 6 nitrogen and oxygen atoms in total. The minimum Gasteiger partial charge on any atom is -0.353 e. The van der Waals surface area contributed by atoms with Crippen molar-refractivity contribution in [3.63, 3.8) is 0 Å². The molecule has 2 heterocycles. The van der Waals surface area contributed by atoms with E-state index in [4.69, 9.17) is 23.2 Å². The Kier molecular flexibility index (Phi) is 5.49. The van der Waals surface area contributed by atoms with Crippen LogP contribution in [0.15, 0.2) is 16.0 Å². The summed E-state index contributed by atoms with van der Waals surface area (Å²) in [5, 5.41) is 11.1. The summed E-state index contributed by atoms with van der Waals surface area (Å²) in [4.78, 5) is 26.6. The molecule has 2 N–H and O–H groups in total. The van der Waals surface area contributed by atoms with Gasteiger partial charge in [0.25, 0.3) is 5.56 Å². The van der Waals surface area contributed by atoms with E-state index in [0.717, 1.165) is 23.1 Å². The summed E-state index contributed by atoms with van der Waals surface area (Å²) in [6.07, 6.45) is 2.34. The maximum Gasteiger partial charge on any atom is 0.278 e. The number of amides is 1. The number of thioether (sulfide) groups is 1. The van der Waals surface area contributed by atoms with Crippen LogP contribution in [-0.4, -0.2) is 32.9 Å². The van der Waals surface area contributed by atoms with Crippen LogP contribution in [0.1, 0.15) is 19.8 Å². The van der Waals surface area contributed by atoms with E-state index >= 15 is 0 Å². The van der Waals surface area contributed by atoms with E-state index in [1.165, 1.54) is 12.8 Å². The summed E-state index contributed by atoms with van der Waals surface area (Å²) in [5.74, 6) is 0.685. The van der Waals surface area contributed by atoms with Gasteiger partial charge < -0.3 is 5.32 Å². The lowest BCUT2D eigenvalue weighted by Crippen LogP contribution is -2.35. The van der Waals surface area contributed by atoms with Crippen LogP contribution in [-0.2, 0) is 4.79 Å². The molecular weight excluding hydrogens is 391 g/mol. The van der Waals surface area contributed by atoms with E-state index in [1.807, 2.05) is 6.92 Å². The van der Waals surface area contributed by atoms with Crippen LogP contribution < -0.4 is 10.9 Å². The van der Waals surface area contributed by atoms with Crippen LogP contribution in [0.3, 0.4) is 0 Å². The molecule has 1 saturated carbocycles. The Labute approximate surface area is 156 Å². The average molecular weight is 405 g/mol. The summed E-state index contributed by atoms with van der Waals surface area (Å²) in [7, 11) is 0. The van der Waals surface area contributed by atoms with E-state index in [-0.39, 0.29) is 28.6 Å². The number of halogens is 2. The van der Waals surface area contributed by atoms with Crippen LogP contribution >= 0.6 is 46.3 Å². The van der Waals surface area contributed by atoms with Crippen molar-refractivity contribution in [3.8, 4) is 11.3 Å². The van der Waals surface area contributed by atoms with Crippen LogP contribution in [0.4, 0.5) is 0 Å². The minimum absolute atomic E-state index is 0.0845. The Bertz CT molecular complexity index is 819. The highest BCUT2D eigenvalue weighted by Crippen LogP contribution is 2.36. The van der Waals surface area contributed by atoms with Gasteiger partial charge in [0.15, 0.2) is 10.9 Å². The normalized spacial score (nSPS) is 15.3. The molecular formula is C14H14Cl2N4O2S2. The van der Waals surface area contributed by atoms with Crippen LogP contribution in [0.25, 0.3) is 11.3 Å². The first kappa shape index (κ1) is 17.7. The zero-order valence-corrected chi connectivity index (χ0v) is 15.8. The van der Waals surface area contributed by atoms with Gasteiger partial charge in [-0.1, -0.05) is 35.0 Å². The van der Waals surface area contributed by atoms with Crippen LogP contribution in [0.2, 0.25) is 8.67 Å². The highest BCUT2D eigenvalue weighted by molar-refractivity contribution is 7.99. The monoisotopic (exact) mass is 404 g/mol. The summed E-state index contributed by atoms with van der Waals surface area (Å²) in [5.41, 5.74) is 0.142. The first-order valence-corrected chi connectivity index (χ1v) is 9.84. The Morgan fingerprint density at radius 3 is 2.83 bits per heavy atom. The fourth-order valence-electron chi connectivity index (χ4n) is 2.21. The molecule has 1 fully saturated rings. The summed E-state index contributed by atoms with van der Waals surface area (Å²) in [6, 6.07) is 1.77. The topological polar surface area (TPSA) is 87.7 Å². The standard InChI is InChI=1S/C14H14Cl2N4O2S2/c1-6(7-2-3-7)17-10(21)5-23-14-18-13(22)11(19-20-14)8-4-9(15)24-12(8)16/h4,6-7H,2-3,5H2,1H3,(H,17,21)(H,18,20,22)/t6-/m1/s1. The molecule has 1 aliphatic carbocycles. The zero-order valence-electron chi connectivity index (χ0n) is 12.6. The first-order chi connectivity index (χ1) is 11.4. The number of thiophene rings is 1. The van der Waals surface area contributed by atoms with Gasteiger partial charge >= 0.3 is 0 Å². The lowest BCUT2D eigenvalue weighted by Gasteiger charge is -2.11. The van der Waals surface area contributed by atoms with Gasteiger partial charge in [-0.3, -0.25) is 14.6 Å². The molecule has 1 amide bonds. The number of carbonyl (C=O) groups excluding carboxylic acids is 1. The Morgan fingerprint density at radius 1 is 1.50 bits per heavy atom. The van der Waals surface area contributed by atoms with E-state index in [1.54, 1.807) is 6.07 Å². The van der Waals surface area contributed by atoms with Gasteiger partial charge in [0, 0.05) is 11.6 Å². The van der Waals surface area contributed by atoms with Gasteiger partial charge in [-0.15, -0.1) is 21.5 Å². The maximum absolute atomic E-state index is 12.2. The zero-order chi connectivity index (χ0) is 17.3. The van der Waals surface area contributed by atoms with Crippen molar-refractivity contribution in [1.82, 2.24) is 20.5 Å². The molecule has 2 aromatic rings. The second-order valence-corrected chi connectivity index (χ2v) is 8.78. The fourth-order valence-corrected chi connectivity index (χ4v) is 4.29. The molecule has 0 aromatic carbocycles. The largest absolute Gasteiger partial charge is 0.353 e. The first-order valence-electron chi connectivity index (χ1n) is 7.28. The number of H-pyrrole nitrogens is 1. The number of carbonyl (C=O) groups is 1. The second kappa shape index (κ2) is 7.43. The molecule has 0 saturated heterocycles. The molecule has 3 rings (SSSR count). The summed E-state index contributed by atoms with van der Waals surface area (Å²) < 4.78 is 0.852. The van der Waals surface area contributed by atoms with E-state index in [9.17, 15) is 9.59 Å². The van der Waals surface area contributed by atoms with Crippen molar-refractivity contribution in [3.05, 3.63) is 25.1 Å². The Balaban J connectivity index is 1.63. The number of nitrogens with one attached hydrogen (secondary N) is 2. The van der Waals surface area contributed by atoms with Crippen molar-refractivity contribution in [2.24, 2.45) is 5.92 Å². The highest BCUT2D eigenvalue weighted by Gasteiger charge is 2.28. The molecule has 2 aromatic heterocycles. The smallest absolute Gasteiger partial charge is 0.278 e. The number of aromatic amines is 1. The van der Waals surface area contributed by atoms with Gasteiger partial charge in [0.05, 0.1) is 10.1 Å². The molecule has 10 heteroatoms. The Morgan fingerprint density at radius 2 is 2.25 bits per heavy atom. The number of hydrogen-bond donors (Lipinski definition) is 2. The van der Waals surface area contributed by atoms with Gasteiger partial charge in [-0.05, 0) is 31.7 Å². The third-order valence-corrected chi connectivity index (χ3v) is 6.00. The van der Waals surface area contributed by atoms with Gasteiger partial charge in [-0.2, -0.15) is 0 Å². The van der Waals surface area contributed by atoms with Gasteiger partial charge in [0.1, 0.15) is 4.34 Å². The highest BCUT2D eigenvalue weighted by atomic mass is 35.5. The molecule has 0 unspecified atom stereocenters. The Hall–Kier alpha value is -1.09. The van der Waals surface area contributed by atoms with Crippen molar-refractivity contribution in [2.45, 2.75) is 31.0 Å². The lowest BCUT2D eigenvalue weighted by atomic mass is 10.2. The van der Waals surface area contributed by atoms with Crippen LogP contribution in [0.5, 0.6) is 0 Å². The molecule has 0 aliphatic heterocycles. The number of hydrogen-bond acceptors (Lipinski definition) is 6. The number of aromatic nitrogens is 3. The number of nitrogens with zero attached hydrogens (tertiary/aromatic N) is 2. The predicted octanol–water partition coefficient (Wildman–Crippen LogP) is 3.21. The van der Waals surface area contributed by atoms with E-state index in [0.29, 0.717) is 20.2 Å². The van der Waals surface area contributed by atoms with E-state index in [2.05, 4.69) is 20.5 Å². The number of rotatable bonds is 6. The quantitative estimate of drug-likeness (QED) is 0.721. The molecule has 1 atom stereocenters. The second-order valence-electron chi connectivity index (χ2n) is 5.53. The molecule has 24 heavy (non-hydrogen) atoms. The summed E-state index contributed by atoms with van der Waals surface area (Å²) in [6.45, 7) is 2.01. The molecule has 1 aliphatic rings. The maximum atomic E-state index is 12.2. The van der Waals surface area contributed by atoms with Crippen molar-refractivity contribution < 1.29 is 4.79 Å².